The summed E-state index contributed by atoms with van der Waals surface area (Å²) in [5.74, 6) is 1.03. The van der Waals surface area contributed by atoms with E-state index in [-0.39, 0.29) is 0 Å². The minimum atomic E-state index is 0.293. The van der Waals surface area contributed by atoms with E-state index in [2.05, 4.69) is 67.9 Å². The summed E-state index contributed by atoms with van der Waals surface area (Å²) in [6, 6.07) is 16.5. The van der Waals surface area contributed by atoms with Gasteiger partial charge in [-0.1, -0.05) is 57.2 Å². The molecular formula is C18H26N2. The third kappa shape index (κ3) is 5.43. The first kappa shape index (κ1) is 16.2. The van der Waals surface area contributed by atoms with Crippen LogP contribution in [0.4, 0.5) is 5.82 Å². The minimum absolute atomic E-state index is 0.293. The molecule has 0 amide bonds. The van der Waals surface area contributed by atoms with Gasteiger partial charge in [0.15, 0.2) is 0 Å². The lowest BCUT2D eigenvalue weighted by molar-refractivity contribution is 0.590. The molecule has 0 saturated carbocycles. The maximum absolute atomic E-state index is 4.18. The van der Waals surface area contributed by atoms with E-state index < -0.39 is 0 Å². The lowest BCUT2D eigenvalue weighted by Gasteiger charge is -2.18. The van der Waals surface area contributed by atoms with E-state index in [0.717, 1.165) is 12.4 Å². The topological polar surface area (TPSA) is 16.1 Å². The van der Waals surface area contributed by atoms with Crippen LogP contribution < -0.4 is 4.90 Å². The zero-order valence-corrected chi connectivity index (χ0v) is 13.3. The first-order valence-corrected chi connectivity index (χ1v) is 7.13. The lowest BCUT2D eigenvalue weighted by Crippen LogP contribution is -2.16. The molecule has 0 spiro atoms. The van der Waals surface area contributed by atoms with Gasteiger partial charge in [-0.3, -0.25) is 0 Å². The number of benzene rings is 1. The molecule has 0 aliphatic rings. The molecule has 0 aliphatic carbocycles. The molecule has 0 N–H and O–H groups in total. The van der Waals surface area contributed by atoms with Gasteiger partial charge in [-0.25, -0.2) is 4.98 Å². The summed E-state index contributed by atoms with van der Waals surface area (Å²) in [7, 11) is 2.03. The maximum atomic E-state index is 4.18. The molecule has 0 unspecified atom stereocenters. The fraction of sp³-hybridized carbons (Fsp3) is 0.389. The van der Waals surface area contributed by atoms with Crippen molar-refractivity contribution in [2.75, 3.05) is 18.5 Å². The maximum Gasteiger partial charge on any atom is 0.128 e. The van der Waals surface area contributed by atoms with E-state index in [0.29, 0.717) is 5.41 Å². The van der Waals surface area contributed by atoms with E-state index in [9.17, 15) is 0 Å². The van der Waals surface area contributed by atoms with Gasteiger partial charge in [0.25, 0.3) is 0 Å². The molecule has 0 saturated heterocycles. The second kappa shape index (κ2) is 7.68. The summed E-state index contributed by atoms with van der Waals surface area (Å²) in [5.41, 5.74) is 1.69. The standard InChI is InChI=1S/C10H14.C8H12N2/c1-10(2,3)9-7-5-4-6-8-9;1-3-10(2)8-6-4-5-7-9-8/h4-8H,1-3H3;4-7H,3H2,1-2H3. The zero-order chi connectivity index (χ0) is 15.0. The van der Waals surface area contributed by atoms with Gasteiger partial charge in [0.2, 0.25) is 0 Å². The predicted molar refractivity (Wildman–Crippen MR) is 88.3 cm³/mol. The second-order valence-corrected chi connectivity index (χ2v) is 5.82. The van der Waals surface area contributed by atoms with Crippen molar-refractivity contribution in [1.29, 1.82) is 0 Å². The minimum Gasteiger partial charge on any atom is -0.360 e. The quantitative estimate of drug-likeness (QED) is 0.797. The summed E-state index contributed by atoms with van der Waals surface area (Å²) >= 11 is 0. The lowest BCUT2D eigenvalue weighted by atomic mass is 9.87. The van der Waals surface area contributed by atoms with Crippen molar-refractivity contribution < 1.29 is 0 Å². The van der Waals surface area contributed by atoms with Crippen LogP contribution in [-0.2, 0) is 5.41 Å². The zero-order valence-electron chi connectivity index (χ0n) is 13.3. The number of hydrogen-bond donors (Lipinski definition) is 0. The van der Waals surface area contributed by atoms with Gasteiger partial charge in [0, 0.05) is 19.8 Å². The van der Waals surface area contributed by atoms with Gasteiger partial charge in [-0.15, -0.1) is 0 Å². The number of nitrogens with zero attached hydrogens (tertiary/aromatic N) is 2. The highest BCUT2D eigenvalue weighted by atomic mass is 15.1. The summed E-state index contributed by atoms with van der Waals surface area (Å²) in [6.45, 7) is 9.78. The van der Waals surface area contributed by atoms with Crippen LogP contribution in [0.25, 0.3) is 0 Å². The van der Waals surface area contributed by atoms with Crippen molar-refractivity contribution in [2.24, 2.45) is 0 Å². The van der Waals surface area contributed by atoms with Gasteiger partial charge in [0.05, 0.1) is 0 Å². The molecule has 2 rings (SSSR count). The number of hydrogen-bond acceptors (Lipinski definition) is 2. The Hall–Kier alpha value is -1.83. The summed E-state index contributed by atoms with van der Waals surface area (Å²) < 4.78 is 0. The van der Waals surface area contributed by atoms with Crippen LogP contribution in [0, 0.1) is 0 Å². The predicted octanol–water partition coefficient (Wildman–Crippen LogP) is 4.52. The fourth-order valence-corrected chi connectivity index (χ4v) is 1.68. The molecule has 1 heterocycles. The molecule has 1 aromatic carbocycles. The molecular weight excluding hydrogens is 244 g/mol. The third-order valence-corrected chi connectivity index (χ3v) is 3.15. The molecule has 0 fully saturated rings. The highest BCUT2D eigenvalue weighted by Crippen LogP contribution is 2.20. The molecule has 1 aromatic heterocycles. The van der Waals surface area contributed by atoms with Crippen LogP contribution in [0.15, 0.2) is 54.7 Å². The molecule has 108 valence electrons. The van der Waals surface area contributed by atoms with E-state index in [1.807, 2.05) is 31.4 Å². The van der Waals surface area contributed by atoms with Crippen molar-refractivity contribution in [3.05, 3.63) is 60.3 Å². The van der Waals surface area contributed by atoms with Gasteiger partial charge in [-0.2, -0.15) is 0 Å². The average Bonchev–Trinajstić information content (AvgIpc) is 2.48. The highest BCUT2D eigenvalue weighted by molar-refractivity contribution is 5.35. The molecule has 2 nitrogen and oxygen atoms in total. The summed E-state index contributed by atoms with van der Waals surface area (Å²) in [4.78, 5) is 6.27. The Morgan fingerprint density at radius 3 is 1.95 bits per heavy atom. The first-order valence-electron chi connectivity index (χ1n) is 7.13. The highest BCUT2D eigenvalue weighted by Gasteiger charge is 2.11. The fourth-order valence-electron chi connectivity index (χ4n) is 1.68. The SMILES string of the molecule is CC(C)(C)c1ccccc1.CCN(C)c1ccccn1. The monoisotopic (exact) mass is 270 g/mol. The molecule has 0 atom stereocenters. The van der Waals surface area contributed by atoms with E-state index in [1.54, 1.807) is 0 Å². The molecule has 0 aliphatic heterocycles. The smallest absolute Gasteiger partial charge is 0.128 e. The van der Waals surface area contributed by atoms with Crippen LogP contribution in [-0.4, -0.2) is 18.6 Å². The van der Waals surface area contributed by atoms with Crippen LogP contribution in [0.1, 0.15) is 33.3 Å². The second-order valence-electron chi connectivity index (χ2n) is 5.82. The summed E-state index contributed by atoms with van der Waals surface area (Å²) in [6.07, 6.45) is 1.81. The Bertz CT molecular complexity index is 472. The molecule has 2 aromatic rings. The molecule has 20 heavy (non-hydrogen) atoms. The molecule has 0 bridgehead atoms. The molecule has 2 heteroatoms. The average molecular weight is 270 g/mol. The van der Waals surface area contributed by atoms with Crippen molar-refractivity contribution in [3.63, 3.8) is 0 Å². The first-order chi connectivity index (χ1) is 9.45. The third-order valence-electron chi connectivity index (χ3n) is 3.15. The van der Waals surface area contributed by atoms with Gasteiger partial charge in [0.1, 0.15) is 5.82 Å². The summed E-state index contributed by atoms with van der Waals surface area (Å²) in [5, 5.41) is 0. The molecule has 0 radical (unpaired) electrons. The van der Waals surface area contributed by atoms with Crippen LogP contribution >= 0.6 is 0 Å². The number of aromatic nitrogens is 1. The Morgan fingerprint density at radius 2 is 1.55 bits per heavy atom. The number of pyridine rings is 1. The van der Waals surface area contributed by atoms with Gasteiger partial charge >= 0.3 is 0 Å². The Kier molecular flexibility index (Phi) is 6.23. The van der Waals surface area contributed by atoms with Crippen LogP contribution in [0.5, 0.6) is 0 Å². The normalized spacial score (nSPS) is 10.4. The van der Waals surface area contributed by atoms with E-state index in [4.69, 9.17) is 0 Å². The van der Waals surface area contributed by atoms with Gasteiger partial charge in [-0.05, 0) is 30.0 Å². The van der Waals surface area contributed by atoms with Crippen LogP contribution in [0.2, 0.25) is 0 Å². The van der Waals surface area contributed by atoms with Crippen molar-refractivity contribution in [3.8, 4) is 0 Å². The Balaban J connectivity index is 0.000000200. The van der Waals surface area contributed by atoms with Crippen molar-refractivity contribution in [2.45, 2.75) is 33.1 Å². The van der Waals surface area contributed by atoms with Gasteiger partial charge < -0.3 is 4.90 Å². The van der Waals surface area contributed by atoms with E-state index in [1.165, 1.54) is 5.56 Å². The van der Waals surface area contributed by atoms with E-state index >= 15 is 0 Å². The Labute approximate surface area is 123 Å². The number of anilines is 1. The van der Waals surface area contributed by atoms with Crippen molar-refractivity contribution >= 4 is 5.82 Å². The number of rotatable bonds is 2. The largest absolute Gasteiger partial charge is 0.360 e. The van der Waals surface area contributed by atoms with Crippen LogP contribution in [0.3, 0.4) is 0 Å². The Morgan fingerprint density at radius 1 is 0.950 bits per heavy atom. The van der Waals surface area contributed by atoms with Crippen molar-refractivity contribution in [1.82, 2.24) is 4.98 Å².